The van der Waals surface area contributed by atoms with Gasteiger partial charge < -0.3 is 15.5 Å². The maximum Gasteiger partial charge on any atom is 0.399 e. The van der Waals surface area contributed by atoms with E-state index in [-0.39, 0.29) is 6.42 Å². The average molecular weight is 273 g/mol. The van der Waals surface area contributed by atoms with Crippen LogP contribution in [0.2, 0.25) is 0 Å². The van der Waals surface area contributed by atoms with Gasteiger partial charge in [-0.3, -0.25) is 4.18 Å². The van der Waals surface area contributed by atoms with Crippen molar-refractivity contribution in [3.63, 3.8) is 0 Å². The van der Waals surface area contributed by atoms with Gasteiger partial charge in [0.2, 0.25) is 0 Å². The van der Waals surface area contributed by atoms with E-state index in [0.29, 0.717) is 0 Å². The maximum absolute atomic E-state index is 10.8. The molecule has 0 aromatic heterocycles. The Morgan fingerprint density at radius 2 is 1.65 bits per heavy atom. The van der Waals surface area contributed by atoms with Gasteiger partial charge >= 0.3 is 10.4 Å². The van der Waals surface area contributed by atoms with Crippen LogP contribution in [0.5, 0.6) is 0 Å². The quantitative estimate of drug-likeness (QED) is 0.585. The van der Waals surface area contributed by atoms with Crippen LogP contribution in [0, 0.1) is 0 Å². The van der Waals surface area contributed by atoms with Crippen LogP contribution < -0.4 is 5.32 Å². The highest BCUT2D eigenvalue weighted by Crippen LogP contribution is 2.09. The smallest absolute Gasteiger partial charge is 0.393 e. The van der Waals surface area contributed by atoms with Crippen molar-refractivity contribution < 1.29 is 27.0 Å². The summed E-state index contributed by atoms with van der Waals surface area (Å²) in [5, 5.41) is 21.0. The molecule has 8 heteroatoms. The normalized spacial score (nSPS) is 16.6. The molecule has 0 saturated carbocycles. The second kappa shape index (κ2) is 9.75. The zero-order valence-electron chi connectivity index (χ0n) is 10.9. The van der Waals surface area contributed by atoms with Crippen molar-refractivity contribution in [3.8, 4) is 0 Å². The minimum absolute atomic E-state index is 0.0421. The van der Waals surface area contributed by atoms with Crippen LogP contribution in [0.25, 0.3) is 0 Å². The second-order valence-electron chi connectivity index (χ2n) is 3.53. The molecule has 0 aromatic rings. The summed E-state index contributed by atoms with van der Waals surface area (Å²) in [6.45, 7) is 2.87. The first-order valence-electron chi connectivity index (χ1n) is 5.13. The van der Waals surface area contributed by atoms with Crippen molar-refractivity contribution in [1.29, 1.82) is 0 Å². The molecule has 0 aliphatic carbocycles. The van der Waals surface area contributed by atoms with E-state index in [1.54, 1.807) is 0 Å². The summed E-state index contributed by atoms with van der Waals surface area (Å²) in [5.41, 5.74) is 0. The van der Waals surface area contributed by atoms with Gasteiger partial charge in [0.15, 0.2) is 0 Å². The molecule has 0 spiro atoms. The number of hydrogen-bond donors (Lipinski definition) is 3. The zero-order chi connectivity index (χ0) is 14.1. The predicted octanol–water partition coefficient (Wildman–Crippen LogP) is -0.750. The van der Waals surface area contributed by atoms with E-state index in [9.17, 15) is 13.5 Å². The summed E-state index contributed by atoms with van der Waals surface area (Å²) in [6.07, 6.45) is -2.68. The second-order valence-corrected chi connectivity index (χ2v) is 4.87. The number of aliphatic hydroxyl groups is 2. The Kier molecular flexibility index (Phi) is 10.9. The van der Waals surface area contributed by atoms with Gasteiger partial charge in [0, 0.05) is 6.42 Å². The molecule has 0 aromatic carbocycles. The van der Waals surface area contributed by atoms with Crippen molar-refractivity contribution >= 4 is 10.4 Å². The van der Waals surface area contributed by atoms with E-state index in [2.05, 4.69) is 13.7 Å². The van der Waals surface area contributed by atoms with E-state index in [4.69, 9.17) is 5.11 Å². The molecule has 7 nitrogen and oxygen atoms in total. The molecule has 0 aliphatic heterocycles. The van der Waals surface area contributed by atoms with Crippen molar-refractivity contribution in [1.82, 2.24) is 5.32 Å². The summed E-state index contributed by atoms with van der Waals surface area (Å²) in [5.74, 6) is 0. The third-order valence-electron chi connectivity index (χ3n) is 1.60. The van der Waals surface area contributed by atoms with Gasteiger partial charge in [0.05, 0.1) is 19.3 Å². The molecule has 0 amide bonds. The van der Waals surface area contributed by atoms with Crippen LogP contribution in [-0.2, 0) is 18.8 Å². The summed E-state index contributed by atoms with van der Waals surface area (Å²) in [6, 6.07) is 0. The van der Waals surface area contributed by atoms with E-state index < -0.39 is 28.7 Å². The topological polar surface area (TPSA) is 105 Å². The molecule has 0 fully saturated rings. The maximum atomic E-state index is 10.8. The van der Waals surface area contributed by atoms with Gasteiger partial charge in [-0.2, -0.15) is 8.42 Å². The summed E-state index contributed by atoms with van der Waals surface area (Å²) in [4.78, 5) is 0. The van der Waals surface area contributed by atoms with Crippen molar-refractivity contribution in [2.45, 2.75) is 38.6 Å². The Morgan fingerprint density at radius 3 is 1.94 bits per heavy atom. The minimum Gasteiger partial charge on any atom is -0.393 e. The molecule has 0 rings (SSSR count). The van der Waals surface area contributed by atoms with Gasteiger partial charge in [0.25, 0.3) is 0 Å². The van der Waals surface area contributed by atoms with E-state index in [0.717, 1.165) is 7.11 Å². The summed E-state index contributed by atoms with van der Waals surface area (Å²) < 4.78 is 30.0. The Labute approximate surface area is 103 Å². The lowest BCUT2D eigenvalue weighted by atomic mass is 10.1. The number of aliphatic hydroxyl groups excluding tert-OH is 2. The van der Waals surface area contributed by atoms with Crippen LogP contribution in [0.1, 0.15) is 20.3 Å². The van der Waals surface area contributed by atoms with Gasteiger partial charge in [-0.1, -0.05) is 0 Å². The first kappa shape index (κ1) is 19.1. The monoisotopic (exact) mass is 273 g/mol. The Morgan fingerprint density at radius 1 is 1.24 bits per heavy atom. The number of hydrogen-bond acceptors (Lipinski definition) is 7. The fourth-order valence-corrected chi connectivity index (χ4v) is 1.41. The van der Waals surface area contributed by atoms with Crippen LogP contribution >= 0.6 is 0 Å². The molecule has 0 heterocycles. The van der Waals surface area contributed by atoms with Crippen LogP contribution in [-0.4, -0.2) is 58.1 Å². The molecular weight excluding hydrogens is 250 g/mol. The fourth-order valence-electron chi connectivity index (χ4n) is 0.830. The lowest BCUT2D eigenvalue weighted by Crippen LogP contribution is -2.31. The number of nitrogens with one attached hydrogen (secondary N) is 1. The SMILES string of the molecule is CNC.COS(=O)(=O)OC(C)C(O)CC(C)O. The molecule has 3 atom stereocenters. The van der Waals surface area contributed by atoms with Crippen LogP contribution in [0.4, 0.5) is 0 Å². The minimum atomic E-state index is -4.04. The van der Waals surface area contributed by atoms with E-state index >= 15 is 0 Å². The summed E-state index contributed by atoms with van der Waals surface area (Å²) in [7, 11) is 0.670. The Hall–Kier alpha value is -0.250. The molecule has 0 radical (unpaired) electrons. The molecule has 0 aliphatic rings. The lowest BCUT2D eigenvalue weighted by Gasteiger charge is -2.19. The highest BCUT2D eigenvalue weighted by atomic mass is 32.3. The van der Waals surface area contributed by atoms with Crippen LogP contribution in [0.3, 0.4) is 0 Å². The predicted molar refractivity (Wildman–Crippen MR) is 63.8 cm³/mol. The highest BCUT2D eigenvalue weighted by molar-refractivity contribution is 7.81. The summed E-state index contributed by atoms with van der Waals surface area (Å²) >= 11 is 0. The molecule has 0 bridgehead atoms. The zero-order valence-corrected chi connectivity index (χ0v) is 11.7. The molecule has 0 saturated heterocycles. The van der Waals surface area contributed by atoms with E-state index in [1.807, 2.05) is 14.1 Å². The fraction of sp³-hybridized carbons (Fsp3) is 1.00. The van der Waals surface area contributed by atoms with Crippen molar-refractivity contribution in [3.05, 3.63) is 0 Å². The third kappa shape index (κ3) is 12.0. The third-order valence-corrected chi connectivity index (χ3v) is 2.55. The van der Waals surface area contributed by atoms with Crippen molar-refractivity contribution in [2.24, 2.45) is 0 Å². The first-order valence-corrected chi connectivity index (χ1v) is 6.46. The van der Waals surface area contributed by atoms with Gasteiger partial charge in [0.1, 0.15) is 6.10 Å². The Balaban J connectivity index is 0. The largest absolute Gasteiger partial charge is 0.399 e. The molecule has 3 N–H and O–H groups in total. The van der Waals surface area contributed by atoms with Gasteiger partial charge in [-0.15, -0.1) is 0 Å². The highest BCUT2D eigenvalue weighted by Gasteiger charge is 2.23. The standard InChI is InChI=1S/C7H16O6S.C2H7N/c1-5(8)4-7(9)6(2)13-14(10,11)12-3;1-3-2/h5-9H,4H2,1-3H3;3H,1-2H3. The van der Waals surface area contributed by atoms with Gasteiger partial charge in [-0.25, -0.2) is 4.18 Å². The first-order chi connectivity index (χ1) is 7.70. The van der Waals surface area contributed by atoms with E-state index in [1.165, 1.54) is 13.8 Å². The molecule has 106 valence electrons. The van der Waals surface area contributed by atoms with Gasteiger partial charge in [-0.05, 0) is 27.9 Å². The molecule has 17 heavy (non-hydrogen) atoms. The number of rotatable bonds is 6. The van der Waals surface area contributed by atoms with Crippen molar-refractivity contribution in [2.75, 3.05) is 21.2 Å². The lowest BCUT2D eigenvalue weighted by molar-refractivity contribution is 0.00965. The average Bonchev–Trinajstić information content (AvgIpc) is 2.17. The molecular formula is C9H23NO6S. The Bertz CT molecular complexity index is 267. The van der Waals surface area contributed by atoms with Crippen LogP contribution in [0.15, 0.2) is 0 Å². The molecule has 3 unspecified atom stereocenters.